The number of rotatable bonds is 6. The smallest absolute Gasteiger partial charge is 0.267 e. The normalized spacial score (nSPS) is 16.4. The predicted octanol–water partition coefficient (Wildman–Crippen LogP) is 5.72. The first-order valence-electron chi connectivity index (χ1n) is 10.3. The Kier molecular flexibility index (Phi) is 6.02. The number of nitrogens with zero attached hydrogens (tertiary/aromatic N) is 2. The van der Waals surface area contributed by atoms with Gasteiger partial charge < -0.3 is 4.74 Å². The first-order chi connectivity index (χ1) is 14.0. The van der Waals surface area contributed by atoms with Crippen LogP contribution in [0.5, 0.6) is 5.75 Å². The molecule has 0 aliphatic heterocycles. The Morgan fingerprint density at radius 1 is 1.31 bits per heavy atom. The van der Waals surface area contributed by atoms with Gasteiger partial charge in [-0.3, -0.25) is 9.36 Å². The Bertz CT molecular complexity index is 1070. The van der Waals surface area contributed by atoms with Crippen molar-refractivity contribution in [1.82, 2.24) is 9.55 Å². The van der Waals surface area contributed by atoms with E-state index in [0.29, 0.717) is 11.8 Å². The highest BCUT2D eigenvalue weighted by Gasteiger charge is 2.25. The molecular formula is C23H28N2O2S2. The molecule has 2 aromatic heterocycles. The van der Waals surface area contributed by atoms with Gasteiger partial charge in [-0.15, -0.1) is 11.3 Å². The third-order valence-corrected chi connectivity index (χ3v) is 7.68. The summed E-state index contributed by atoms with van der Waals surface area (Å²) in [5.74, 6) is 3.04. The standard InChI is InChI=1S/C23H28N2O2S2/c1-14(2)11-12-28-23-24-21-20(18-10-5-15(3)13-19(18)29-21)22(26)25(23)16-6-8-17(27-4)9-7-16/h6-9,14-15H,5,10-13H2,1-4H3/t15-/m1/s1. The van der Waals surface area contributed by atoms with Crippen LogP contribution in [0.2, 0.25) is 0 Å². The molecular weight excluding hydrogens is 400 g/mol. The fraction of sp³-hybridized carbons (Fsp3) is 0.478. The molecule has 29 heavy (non-hydrogen) atoms. The van der Waals surface area contributed by atoms with Gasteiger partial charge in [0.05, 0.1) is 18.2 Å². The van der Waals surface area contributed by atoms with E-state index in [9.17, 15) is 4.79 Å². The summed E-state index contributed by atoms with van der Waals surface area (Å²) in [4.78, 5) is 21.0. The van der Waals surface area contributed by atoms with Crippen molar-refractivity contribution >= 4 is 33.3 Å². The Balaban J connectivity index is 1.87. The van der Waals surface area contributed by atoms with Crippen LogP contribution in [0.15, 0.2) is 34.2 Å². The van der Waals surface area contributed by atoms with Crippen LogP contribution in [0.4, 0.5) is 0 Å². The molecule has 1 aliphatic rings. The van der Waals surface area contributed by atoms with Gasteiger partial charge >= 0.3 is 0 Å². The average Bonchev–Trinajstić information content (AvgIpc) is 3.05. The molecule has 3 aromatic rings. The summed E-state index contributed by atoms with van der Waals surface area (Å²) in [6.07, 6.45) is 4.29. The summed E-state index contributed by atoms with van der Waals surface area (Å²) < 4.78 is 7.10. The highest BCUT2D eigenvalue weighted by molar-refractivity contribution is 7.99. The molecule has 154 valence electrons. The SMILES string of the molecule is COc1ccc(-n2c(SCCC(C)C)nc3sc4c(c3c2=O)CC[C@@H](C)C4)cc1. The molecule has 0 radical (unpaired) electrons. The lowest BCUT2D eigenvalue weighted by Gasteiger charge is -2.18. The maximum Gasteiger partial charge on any atom is 0.267 e. The van der Waals surface area contributed by atoms with Crippen molar-refractivity contribution in [3.8, 4) is 11.4 Å². The van der Waals surface area contributed by atoms with Crippen molar-refractivity contribution in [1.29, 1.82) is 0 Å². The molecule has 0 bridgehead atoms. The van der Waals surface area contributed by atoms with Crippen molar-refractivity contribution in [3.05, 3.63) is 45.1 Å². The predicted molar refractivity (Wildman–Crippen MR) is 123 cm³/mol. The molecule has 1 aliphatic carbocycles. The van der Waals surface area contributed by atoms with Crippen LogP contribution in [0.1, 0.15) is 44.1 Å². The van der Waals surface area contributed by atoms with Crippen molar-refractivity contribution in [2.75, 3.05) is 12.9 Å². The van der Waals surface area contributed by atoms with E-state index in [-0.39, 0.29) is 5.56 Å². The number of thiophene rings is 1. The van der Waals surface area contributed by atoms with Crippen molar-refractivity contribution < 1.29 is 4.74 Å². The fourth-order valence-corrected chi connectivity index (χ4v) is 6.49. The minimum atomic E-state index is 0.0688. The molecule has 0 fully saturated rings. The third-order valence-electron chi connectivity index (χ3n) is 5.56. The third kappa shape index (κ3) is 4.10. The van der Waals surface area contributed by atoms with Gasteiger partial charge in [0, 0.05) is 10.6 Å². The van der Waals surface area contributed by atoms with Crippen molar-refractivity contribution in [2.24, 2.45) is 11.8 Å². The summed E-state index contributed by atoms with van der Waals surface area (Å²) >= 11 is 3.41. The highest BCUT2D eigenvalue weighted by Crippen LogP contribution is 2.37. The second-order valence-corrected chi connectivity index (χ2v) is 10.4. The van der Waals surface area contributed by atoms with Crippen LogP contribution in [0.3, 0.4) is 0 Å². The van der Waals surface area contributed by atoms with Crippen LogP contribution in [0, 0.1) is 11.8 Å². The van der Waals surface area contributed by atoms with Crippen LogP contribution >= 0.6 is 23.1 Å². The Morgan fingerprint density at radius 2 is 2.07 bits per heavy atom. The van der Waals surface area contributed by atoms with E-state index in [1.165, 1.54) is 10.4 Å². The molecule has 0 unspecified atom stereocenters. The molecule has 0 saturated heterocycles. The lowest BCUT2D eigenvalue weighted by molar-refractivity contribution is 0.414. The van der Waals surface area contributed by atoms with Crippen LogP contribution < -0.4 is 10.3 Å². The number of hydrogen-bond donors (Lipinski definition) is 0. The van der Waals surface area contributed by atoms with Crippen LogP contribution in [-0.4, -0.2) is 22.4 Å². The van der Waals surface area contributed by atoms with E-state index >= 15 is 0 Å². The second-order valence-electron chi connectivity index (χ2n) is 8.30. The molecule has 2 heterocycles. The van der Waals surface area contributed by atoms with Crippen molar-refractivity contribution in [2.45, 2.75) is 51.6 Å². The van der Waals surface area contributed by atoms with Gasteiger partial charge in [0.15, 0.2) is 5.16 Å². The number of aryl methyl sites for hydroxylation is 1. The van der Waals surface area contributed by atoms with Gasteiger partial charge in [0.2, 0.25) is 0 Å². The molecule has 0 amide bonds. The van der Waals surface area contributed by atoms with Gasteiger partial charge in [-0.25, -0.2) is 4.98 Å². The lowest BCUT2D eigenvalue weighted by Crippen LogP contribution is -2.22. The van der Waals surface area contributed by atoms with E-state index in [2.05, 4.69) is 20.8 Å². The Labute approximate surface area is 180 Å². The topological polar surface area (TPSA) is 44.1 Å². The van der Waals surface area contributed by atoms with Crippen LogP contribution in [0.25, 0.3) is 15.9 Å². The maximum absolute atomic E-state index is 13.7. The summed E-state index contributed by atoms with van der Waals surface area (Å²) in [5, 5.41) is 1.63. The quantitative estimate of drug-likeness (QED) is 0.372. The Hall–Kier alpha value is -1.79. The first kappa shape index (κ1) is 20.5. The van der Waals surface area contributed by atoms with E-state index in [0.717, 1.165) is 58.2 Å². The average molecular weight is 429 g/mol. The number of methoxy groups -OCH3 is 1. The number of hydrogen-bond acceptors (Lipinski definition) is 5. The number of thioether (sulfide) groups is 1. The molecule has 4 nitrogen and oxygen atoms in total. The summed E-state index contributed by atoms with van der Waals surface area (Å²) in [6, 6.07) is 7.70. The molecule has 0 saturated carbocycles. The molecule has 1 aromatic carbocycles. The zero-order chi connectivity index (χ0) is 20.5. The van der Waals surface area contributed by atoms with Crippen molar-refractivity contribution in [3.63, 3.8) is 0 Å². The minimum absolute atomic E-state index is 0.0688. The minimum Gasteiger partial charge on any atom is -0.497 e. The van der Waals surface area contributed by atoms with Gasteiger partial charge in [-0.1, -0.05) is 32.5 Å². The summed E-state index contributed by atoms with van der Waals surface area (Å²) in [6.45, 7) is 6.74. The summed E-state index contributed by atoms with van der Waals surface area (Å²) in [5.41, 5.74) is 2.15. The number of fused-ring (bicyclic) bond motifs is 3. The van der Waals surface area contributed by atoms with E-state index < -0.39 is 0 Å². The maximum atomic E-state index is 13.7. The zero-order valence-corrected chi connectivity index (χ0v) is 19.2. The van der Waals surface area contributed by atoms with Gasteiger partial charge in [-0.05, 0) is 67.3 Å². The van der Waals surface area contributed by atoms with E-state index in [4.69, 9.17) is 9.72 Å². The monoisotopic (exact) mass is 428 g/mol. The zero-order valence-electron chi connectivity index (χ0n) is 17.5. The number of aromatic nitrogens is 2. The van der Waals surface area contributed by atoms with Crippen LogP contribution in [-0.2, 0) is 12.8 Å². The molecule has 0 spiro atoms. The molecule has 6 heteroatoms. The number of ether oxygens (including phenoxy) is 1. The van der Waals surface area contributed by atoms with E-state index in [1.54, 1.807) is 34.8 Å². The lowest BCUT2D eigenvalue weighted by atomic mass is 9.89. The largest absolute Gasteiger partial charge is 0.497 e. The molecule has 0 N–H and O–H groups in total. The van der Waals surface area contributed by atoms with E-state index in [1.807, 2.05) is 24.3 Å². The highest BCUT2D eigenvalue weighted by atomic mass is 32.2. The molecule has 1 atom stereocenters. The van der Waals surface area contributed by atoms with Gasteiger partial charge in [0.25, 0.3) is 5.56 Å². The fourth-order valence-electron chi connectivity index (χ4n) is 3.81. The molecule has 4 rings (SSSR count). The Morgan fingerprint density at radius 3 is 2.76 bits per heavy atom. The van der Waals surface area contributed by atoms with Gasteiger partial charge in [0.1, 0.15) is 10.6 Å². The second kappa shape index (κ2) is 8.52. The summed E-state index contributed by atoms with van der Waals surface area (Å²) in [7, 11) is 1.65. The van der Waals surface area contributed by atoms with Gasteiger partial charge in [-0.2, -0.15) is 0 Å². The first-order valence-corrected chi connectivity index (χ1v) is 12.1. The number of benzene rings is 1.